The smallest absolute Gasteiger partial charge is 0.219 e. The van der Waals surface area contributed by atoms with Crippen LogP contribution in [0.4, 0.5) is 0 Å². The summed E-state index contributed by atoms with van der Waals surface area (Å²) in [6.45, 7) is 6.75. The van der Waals surface area contributed by atoms with E-state index in [2.05, 4.69) is 44.0 Å². The number of H-pyrrole nitrogens is 1. The van der Waals surface area contributed by atoms with Crippen LogP contribution in [-0.4, -0.2) is 61.7 Å². The molecule has 2 aliphatic heterocycles. The average Bonchev–Trinajstić information content (AvgIpc) is 3.45. The number of likely N-dealkylation sites (N-methyl/N-ethyl adjacent to an activating group) is 1. The lowest BCUT2D eigenvalue weighted by Crippen LogP contribution is -2.53. The van der Waals surface area contributed by atoms with Gasteiger partial charge in [0.2, 0.25) is 5.88 Å². The van der Waals surface area contributed by atoms with Gasteiger partial charge >= 0.3 is 0 Å². The van der Waals surface area contributed by atoms with E-state index in [1.807, 2.05) is 36.4 Å². The third-order valence-corrected chi connectivity index (χ3v) is 6.99. The standard InChI is InChI=1S/C26H28N6O/c1-2-31-16-21-6-7-22(17-31)32(21)15-20-5-3-18-13-23(8-9-24(18)29-20)33-26-10-4-19(14-27-26)25-11-12-28-30-25/h3-5,8-14,21-22H,2,6-7,15-17H2,1H3,(H,28,30). The quantitative estimate of drug-likeness (QED) is 0.477. The fourth-order valence-corrected chi connectivity index (χ4v) is 5.22. The van der Waals surface area contributed by atoms with E-state index in [0.29, 0.717) is 18.0 Å². The first-order chi connectivity index (χ1) is 16.2. The minimum absolute atomic E-state index is 0.559. The number of likely N-dealkylation sites (tertiary alicyclic amines) is 1. The van der Waals surface area contributed by atoms with Crippen molar-refractivity contribution in [3.8, 4) is 22.9 Å². The number of nitrogens with zero attached hydrogens (tertiary/aromatic N) is 5. The molecular formula is C26H28N6O. The van der Waals surface area contributed by atoms with Crippen LogP contribution in [0.1, 0.15) is 25.5 Å². The number of fused-ring (bicyclic) bond motifs is 3. The number of pyridine rings is 2. The van der Waals surface area contributed by atoms with E-state index in [1.165, 1.54) is 25.9 Å². The first kappa shape index (κ1) is 20.3. The minimum Gasteiger partial charge on any atom is -0.439 e. The Morgan fingerprint density at radius 3 is 2.64 bits per heavy atom. The Morgan fingerprint density at radius 1 is 1.03 bits per heavy atom. The van der Waals surface area contributed by atoms with E-state index >= 15 is 0 Å². The van der Waals surface area contributed by atoms with E-state index in [0.717, 1.165) is 46.7 Å². The molecule has 7 heteroatoms. The topological polar surface area (TPSA) is 70.2 Å². The van der Waals surface area contributed by atoms with E-state index in [-0.39, 0.29) is 0 Å². The normalized spacial score (nSPS) is 21.0. The molecule has 0 aliphatic carbocycles. The molecule has 3 aromatic heterocycles. The molecule has 0 radical (unpaired) electrons. The predicted octanol–water partition coefficient (Wildman–Crippen LogP) is 4.48. The van der Waals surface area contributed by atoms with Gasteiger partial charge < -0.3 is 9.64 Å². The van der Waals surface area contributed by atoms with Crippen molar-refractivity contribution in [2.75, 3.05) is 19.6 Å². The second kappa shape index (κ2) is 8.57. The molecule has 5 heterocycles. The zero-order valence-electron chi connectivity index (χ0n) is 18.8. The summed E-state index contributed by atoms with van der Waals surface area (Å²) in [5.74, 6) is 1.32. The Labute approximate surface area is 193 Å². The molecule has 1 N–H and O–H groups in total. The van der Waals surface area contributed by atoms with Crippen molar-refractivity contribution in [2.24, 2.45) is 0 Å². The first-order valence-corrected chi connectivity index (χ1v) is 11.8. The summed E-state index contributed by atoms with van der Waals surface area (Å²) in [6.07, 6.45) is 6.13. The SMILES string of the molecule is CCN1CC2CCC(C1)N2Cc1ccc2cc(Oc3ccc(-c4ccn[nH]4)cn3)ccc2n1. The number of benzene rings is 1. The number of aromatic nitrogens is 4. The molecule has 0 saturated carbocycles. The molecule has 2 atom stereocenters. The second-order valence-corrected chi connectivity index (χ2v) is 9.02. The molecule has 1 aromatic carbocycles. The number of piperazine rings is 1. The van der Waals surface area contributed by atoms with Crippen LogP contribution in [0.25, 0.3) is 22.2 Å². The summed E-state index contributed by atoms with van der Waals surface area (Å²) in [5, 5.41) is 7.99. The van der Waals surface area contributed by atoms with Gasteiger partial charge in [0.05, 0.1) is 16.9 Å². The van der Waals surface area contributed by atoms with E-state index < -0.39 is 0 Å². The van der Waals surface area contributed by atoms with Gasteiger partial charge in [-0.2, -0.15) is 5.10 Å². The lowest BCUT2D eigenvalue weighted by molar-refractivity contribution is 0.0632. The van der Waals surface area contributed by atoms with Crippen molar-refractivity contribution in [2.45, 2.75) is 38.4 Å². The largest absolute Gasteiger partial charge is 0.439 e. The third-order valence-electron chi connectivity index (χ3n) is 6.99. The molecular weight excluding hydrogens is 412 g/mol. The lowest BCUT2D eigenvalue weighted by atomic mass is 10.1. The monoisotopic (exact) mass is 440 g/mol. The van der Waals surface area contributed by atoms with Gasteiger partial charge in [0.15, 0.2) is 0 Å². The fraction of sp³-hybridized carbons (Fsp3) is 0.346. The van der Waals surface area contributed by atoms with Crippen LogP contribution in [0, 0.1) is 0 Å². The van der Waals surface area contributed by atoms with Gasteiger partial charge in [0.25, 0.3) is 0 Å². The van der Waals surface area contributed by atoms with Crippen LogP contribution in [0.2, 0.25) is 0 Å². The van der Waals surface area contributed by atoms with Crippen LogP contribution in [0.15, 0.2) is 60.9 Å². The maximum absolute atomic E-state index is 5.99. The Morgan fingerprint density at radius 2 is 1.91 bits per heavy atom. The fourth-order valence-electron chi connectivity index (χ4n) is 5.22. The molecule has 2 saturated heterocycles. The van der Waals surface area contributed by atoms with Crippen molar-refractivity contribution in [3.05, 3.63) is 66.6 Å². The van der Waals surface area contributed by atoms with E-state index in [1.54, 1.807) is 12.4 Å². The van der Waals surface area contributed by atoms with Crippen molar-refractivity contribution in [1.82, 2.24) is 30.0 Å². The van der Waals surface area contributed by atoms with Gasteiger partial charge in [-0.1, -0.05) is 13.0 Å². The zero-order valence-corrected chi connectivity index (χ0v) is 18.8. The highest BCUT2D eigenvalue weighted by Crippen LogP contribution is 2.32. The van der Waals surface area contributed by atoms with Gasteiger partial charge in [-0.15, -0.1) is 0 Å². The van der Waals surface area contributed by atoms with Crippen LogP contribution < -0.4 is 4.74 Å². The third kappa shape index (κ3) is 4.10. The van der Waals surface area contributed by atoms with Gasteiger partial charge in [-0.05, 0) is 55.8 Å². The number of hydrogen-bond donors (Lipinski definition) is 1. The molecule has 2 bridgehead atoms. The van der Waals surface area contributed by atoms with Crippen molar-refractivity contribution in [1.29, 1.82) is 0 Å². The molecule has 7 nitrogen and oxygen atoms in total. The lowest BCUT2D eigenvalue weighted by Gasteiger charge is -2.40. The first-order valence-electron chi connectivity index (χ1n) is 11.8. The van der Waals surface area contributed by atoms with Gasteiger partial charge in [0, 0.05) is 61.1 Å². The molecule has 4 aromatic rings. The maximum Gasteiger partial charge on any atom is 0.219 e. The van der Waals surface area contributed by atoms with Crippen LogP contribution in [0.5, 0.6) is 11.6 Å². The highest BCUT2D eigenvalue weighted by Gasteiger charge is 2.39. The number of ether oxygens (including phenoxy) is 1. The summed E-state index contributed by atoms with van der Waals surface area (Å²) in [4.78, 5) is 14.7. The molecule has 33 heavy (non-hydrogen) atoms. The van der Waals surface area contributed by atoms with Crippen LogP contribution in [0.3, 0.4) is 0 Å². The van der Waals surface area contributed by atoms with Gasteiger partial charge in [-0.25, -0.2) is 4.98 Å². The Balaban J connectivity index is 1.15. The molecule has 2 aliphatic rings. The molecule has 0 spiro atoms. The van der Waals surface area contributed by atoms with Gasteiger partial charge in [-0.3, -0.25) is 15.0 Å². The van der Waals surface area contributed by atoms with Crippen molar-refractivity contribution in [3.63, 3.8) is 0 Å². The summed E-state index contributed by atoms with van der Waals surface area (Å²) in [5.41, 5.74) is 4.05. The average molecular weight is 441 g/mol. The van der Waals surface area contributed by atoms with Crippen molar-refractivity contribution < 1.29 is 4.74 Å². The summed E-state index contributed by atoms with van der Waals surface area (Å²) in [7, 11) is 0. The Hall–Kier alpha value is -3.29. The molecule has 2 unspecified atom stereocenters. The number of aromatic amines is 1. The Kier molecular flexibility index (Phi) is 5.28. The predicted molar refractivity (Wildman–Crippen MR) is 128 cm³/mol. The number of nitrogens with one attached hydrogen (secondary N) is 1. The van der Waals surface area contributed by atoms with E-state index in [9.17, 15) is 0 Å². The van der Waals surface area contributed by atoms with Crippen LogP contribution in [-0.2, 0) is 6.54 Å². The maximum atomic E-state index is 5.99. The molecule has 2 fully saturated rings. The highest BCUT2D eigenvalue weighted by atomic mass is 16.5. The Bertz CT molecular complexity index is 1230. The minimum atomic E-state index is 0.559. The number of rotatable bonds is 6. The summed E-state index contributed by atoms with van der Waals surface area (Å²) >= 11 is 0. The van der Waals surface area contributed by atoms with E-state index in [4.69, 9.17) is 9.72 Å². The molecule has 6 rings (SSSR count). The second-order valence-electron chi connectivity index (χ2n) is 9.02. The highest BCUT2D eigenvalue weighted by molar-refractivity contribution is 5.80. The summed E-state index contributed by atoms with van der Waals surface area (Å²) in [6, 6.07) is 17.4. The van der Waals surface area contributed by atoms with Crippen molar-refractivity contribution >= 4 is 10.9 Å². The molecule has 0 amide bonds. The zero-order chi connectivity index (χ0) is 22.2. The van der Waals surface area contributed by atoms with Gasteiger partial charge in [0.1, 0.15) is 5.75 Å². The summed E-state index contributed by atoms with van der Waals surface area (Å²) < 4.78 is 5.99. The molecule has 168 valence electrons. The van der Waals surface area contributed by atoms with Crippen LogP contribution >= 0.6 is 0 Å². The number of hydrogen-bond acceptors (Lipinski definition) is 6.